The number of thiophene rings is 1. The number of pyridine rings is 1. The first kappa shape index (κ1) is 15.0. The topological polar surface area (TPSA) is 34.1 Å². The van der Waals surface area contributed by atoms with Crippen LogP contribution in [-0.2, 0) is 5.60 Å². The van der Waals surface area contributed by atoms with E-state index in [1.165, 1.54) is 4.88 Å². The first-order valence-electron chi connectivity index (χ1n) is 7.43. The third kappa shape index (κ3) is 2.98. The van der Waals surface area contributed by atoms with Crippen molar-refractivity contribution in [2.24, 2.45) is 0 Å². The molecule has 1 aromatic carbocycles. The van der Waals surface area contributed by atoms with Crippen molar-refractivity contribution in [1.29, 1.82) is 0 Å². The molecule has 3 rings (SSSR count). The summed E-state index contributed by atoms with van der Waals surface area (Å²) in [5.74, 6) is 0.909. The van der Waals surface area contributed by atoms with Gasteiger partial charge in [-0.15, -0.1) is 11.3 Å². The number of hydrogen-bond donors (Lipinski definition) is 1. The van der Waals surface area contributed by atoms with Crippen molar-refractivity contribution in [1.82, 2.24) is 10.3 Å². The minimum atomic E-state index is -0.339. The molecule has 114 valence electrons. The maximum atomic E-state index is 6.50. The van der Waals surface area contributed by atoms with E-state index >= 15 is 0 Å². The molecule has 0 aliphatic carbocycles. The summed E-state index contributed by atoms with van der Waals surface area (Å²) in [7, 11) is 1.97. The van der Waals surface area contributed by atoms with Crippen molar-refractivity contribution in [2.45, 2.75) is 18.9 Å². The fourth-order valence-corrected chi connectivity index (χ4v) is 3.45. The molecule has 0 aliphatic heterocycles. The normalized spacial score (nSPS) is 13.9. The number of benzene rings is 1. The van der Waals surface area contributed by atoms with Crippen LogP contribution in [0.15, 0.2) is 54.2 Å². The Balaban J connectivity index is 1.99. The Hall–Kier alpha value is -1.91. The van der Waals surface area contributed by atoms with Gasteiger partial charge in [-0.25, -0.2) is 0 Å². The maximum absolute atomic E-state index is 6.50. The van der Waals surface area contributed by atoms with Crippen molar-refractivity contribution >= 4 is 22.1 Å². The lowest BCUT2D eigenvalue weighted by Crippen LogP contribution is -2.32. The van der Waals surface area contributed by atoms with Crippen molar-refractivity contribution in [2.75, 3.05) is 13.6 Å². The lowest BCUT2D eigenvalue weighted by atomic mass is 9.99. The van der Waals surface area contributed by atoms with E-state index in [4.69, 9.17) is 4.74 Å². The Morgan fingerprint density at radius 1 is 1.23 bits per heavy atom. The van der Waals surface area contributed by atoms with Gasteiger partial charge in [-0.1, -0.05) is 18.2 Å². The van der Waals surface area contributed by atoms with Crippen LogP contribution in [-0.4, -0.2) is 18.6 Å². The summed E-state index contributed by atoms with van der Waals surface area (Å²) in [6.07, 6.45) is 4.59. The first-order chi connectivity index (χ1) is 10.7. The lowest BCUT2D eigenvalue weighted by molar-refractivity contribution is 0.0834. The van der Waals surface area contributed by atoms with Crippen LogP contribution in [0.4, 0.5) is 0 Å². The molecule has 4 heteroatoms. The molecule has 1 N–H and O–H groups in total. The lowest BCUT2D eigenvalue weighted by Gasteiger charge is -2.30. The highest BCUT2D eigenvalue weighted by atomic mass is 32.1. The van der Waals surface area contributed by atoms with Crippen LogP contribution in [0.25, 0.3) is 10.8 Å². The van der Waals surface area contributed by atoms with Crippen molar-refractivity contribution < 1.29 is 4.74 Å². The van der Waals surface area contributed by atoms with Gasteiger partial charge in [-0.2, -0.15) is 0 Å². The van der Waals surface area contributed by atoms with Gasteiger partial charge in [0.05, 0.1) is 0 Å². The van der Waals surface area contributed by atoms with Crippen molar-refractivity contribution in [3.05, 3.63) is 59.0 Å². The number of nitrogens with one attached hydrogen (secondary N) is 1. The Labute approximate surface area is 135 Å². The number of aromatic nitrogens is 1. The monoisotopic (exact) mass is 312 g/mol. The molecule has 0 saturated heterocycles. The smallest absolute Gasteiger partial charge is 0.141 e. The largest absolute Gasteiger partial charge is 0.481 e. The molecule has 0 amide bonds. The minimum Gasteiger partial charge on any atom is -0.481 e. The van der Waals surface area contributed by atoms with Gasteiger partial charge in [0.2, 0.25) is 0 Å². The molecule has 0 saturated carbocycles. The number of ether oxygens (including phenoxy) is 1. The van der Waals surface area contributed by atoms with E-state index < -0.39 is 0 Å². The summed E-state index contributed by atoms with van der Waals surface area (Å²) in [6.45, 7) is 3.07. The summed E-state index contributed by atoms with van der Waals surface area (Å²) < 4.78 is 6.50. The summed E-state index contributed by atoms with van der Waals surface area (Å²) in [5, 5.41) is 7.52. The highest BCUT2D eigenvalue weighted by Gasteiger charge is 2.30. The Kier molecular flexibility index (Phi) is 4.41. The summed E-state index contributed by atoms with van der Waals surface area (Å²) >= 11 is 1.74. The van der Waals surface area contributed by atoms with Crippen LogP contribution in [0.3, 0.4) is 0 Å². The molecule has 1 atom stereocenters. The van der Waals surface area contributed by atoms with Gasteiger partial charge >= 0.3 is 0 Å². The second kappa shape index (κ2) is 6.46. The zero-order chi connectivity index (χ0) is 15.4. The molecule has 3 aromatic rings. The van der Waals surface area contributed by atoms with E-state index in [1.807, 2.05) is 37.6 Å². The van der Waals surface area contributed by atoms with E-state index in [0.29, 0.717) is 0 Å². The van der Waals surface area contributed by atoms with Gasteiger partial charge in [0, 0.05) is 34.5 Å². The number of nitrogens with zero attached hydrogens (tertiary/aromatic N) is 1. The SMILES string of the molecule is CNCC[C@@](C)(Oc1cccc2cnccc12)c1cccs1. The Morgan fingerprint density at radius 2 is 2.14 bits per heavy atom. The first-order valence-corrected chi connectivity index (χ1v) is 8.31. The van der Waals surface area contributed by atoms with E-state index in [-0.39, 0.29) is 5.60 Å². The minimum absolute atomic E-state index is 0.339. The van der Waals surface area contributed by atoms with Gasteiger partial charge in [-0.05, 0) is 44.1 Å². The maximum Gasteiger partial charge on any atom is 0.141 e. The van der Waals surface area contributed by atoms with Crippen molar-refractivity contribution in [3.8, 4) is 5.75 Å². The van der Waals surface area contributed by atoms with Crippen LogP contribution >= 0.6 is 11.3 Å². The summed E-state index contributed by atoms with van der Waals surface area (Å²) in [6, 6.07) is 12.4. The molecular formula is C18H20N2OS. The number of fused-ring (bicyclic) bond motifs is 1. The molecule has 0 fully saturated rings. The number of rotatable bonds is 6. The third-order valence-corrected chi connectivity index (χ3v) is 4.99. The van der Waals surface area contributed by atoms with Crippen LogP contribution in [0, 0.1) is 0 Å². The van der Waals surface area contributed by atoms with Gasteiger partial charge in [0.15, 0.2) is 0 Å². The van der Waals surface area contributed by atoms with E-state index in [1.54, 1.807) is 11.3 Å². The molecular weight excluding hydrogens is 292 g/mol. The second-order valence-electron chi connectivity index (χ2n) is 5.52. The average molecular weight is 312 g/mol. The number of hydrogen-bond acceptors (Lipinski definition) is 4. The van der Waals surface area contributed by atoms with E-state index in [9.17, 15) is 0 Å². The third-order valence-electron chi connectivity index (χ3n) is 3.87. The highest BCUT2D eigenvalue weighted by Crippen LogP contribution is 2.36. The van der Waals surface area contributed by atoms with Crippen LogP contribution in [0.2, 0.25) is 0 Å². The zero-order valence-electron chi connectivity index (χ0n) is 12.9. The molecule has 0 bridgehead atoms. The zero-order valence-corrected chi connectivity index (χ0v) is 13.7. The molecule has 22 heavy (non-hydrogen) atoms. The van der Waals surface area contributed by atoms with E-state index in [2.05, 4.69) is 40.8 Å². The Bertz CT molecular complexity index is 736. The predicted molar refractivity (Wildman–Crippen MR) is 92.6 cm³/mol. The molecule has 3 nitrogen and oxygen atoms in total. The van der Waals surface area contributed by atoms with Crippen molar-refractivity contribution in [3.63, 3.8) is 0 Å². The fraction of sp³-hybridized carbons (Fsp3) is 0.278. The van der Waals surface area contributed by atoms with Crippen LogP contribution < -0.4 is 10.1 Å². The standard InChI is InChI=1S/C18H20N2OS/c1-18(9-11-19-2,17-7-4-12-22-17)21-16-6-3-5-14-13-20-10-8-15(14)16/h3-8,10,12-13,19H,9,11H2,1-2H3/t18-/m1/s1. The molecule has 0 spiro atoms. The highest BCUT2D eigenvalue weighted by molar-refractivity contribution is 7.10. The van der Waals surface area contributed by atoms with E-state index in [0.717, 1.165) is 29.5 Å². The van der Waals surface area contributed by atoms with Gasteiger partial charge in [0.25, 0.3) is 0 Å². The second-order valence-corrected chi connectivity index (χ2v) is 6.46. The average Bonchev–Trinajstić information content (AvgIpc) is 3.09. The van der Waals surface area contributed by atoms with Gasteiger partial charge in [0.1, 0.15) is 11.4 Å². The predicted octanol–water partition coefficient (Wildman–Crippen LogP) is 4.20. The van der Waals surface area contributed by atoms with Gasteiger partial charge < -0.3 is 10.1 Å². The van der Waals surface area contributed by atoms with Gasteiger partial charge in [-0.3, -0.25) is 4.98 Å². The molecule has 0 aliphatic rings. The summed E-state index contributed by atoms with van der Waals surface area (Å²) in [4.78, 5) is 5.43. The molecule has 0 unspecified atom stereocenters. The molecule has 0 radical (unpaired) electrons. The Morgan fingerprint density at radius 3 is 2.91 bits per heavy atom. The quantitative estimate of drug-likeness (QED) is 0.740. The van der Waals surface area contributed by atoms with Crippen LogP contribution in [0.5, 0.6) is 5.75 Å². The summed E-state index contributed by atoms with van der Waals surface area (Å²) in [5.41, 5.74) is -0.339. The fourth-order valence-electron chi connectivity index (χ4n) is 2.59. The molecule has 2 aromatic heterocycles. The van der Waals surface area contributed by atoms with Crippen LogP contribution in [0.1, 0.15) is 18.2 Å². The molecule has 2 heterocycles.